The molecule has 1 aliphatic rings. The smallest absolute Gasteiger partial charge is 0.306 e. The molecule has 0 radical (unpaired) electrons. The molecule has 2 atom stereocenters. The van der Waals surface area contributed by atoms with Crippen LogP contribution in [0.2, 0.25) is 0 Å². The van der Waals surface area contributed by atoms with E-state index in [0.717, 1.165) is 0 Å². The van der Waals surface area contributed by atoms with Crippen LogP contribution >= 0.6 is 0 Å². The molecule has 1 rings (SSSR count). The van der Waals surface area contributed by atoms with E-state index in [-0.39, 0.29) is 24.2 Å². The van der Waals surface area contributed by atoms with Crippen LogP contribution in [-0.2, 0) is 9.53 Å². The van der Waals surface area contributed by atoms with Gasteiger partial charge in [0.1, 0.15) is 5.70 Å². The second-order valence-corrected chi connectivity index (χ2v) is 3.76. The summed E-state index contributed by atoms with van der Waals surface area (Å²) in [5.74, 6) is 5.62. The second-order valence-electron chi connectivity index (χ2n) is 3.76. The van der Waals surface area contributed by atoms with E-state index < -0.39 is 0 Å². The van der Waals surface area contributed by atoms with Gasteiger partial charge in [0.2, 0.25) is 0 Å². The van der Waals surface area contributed by atoms with Crippen LogP contribution in [0.5, 0.6) is 0 Å². The molecule has 2 unspecified atom stereocenters. The first-order valence-corrected chi connectivity index (χ1v) is 5.42. The minimum Gasteiger partial charge on any atom is -0.469 e. The number of esters is 1. The fourth-order valence-corrected chi connectivity index (χ4v) is 1.75. The van der Waals surface area contributed by atoms with E-state index in [9.17, 15) is 9.70 Å². The third-order valence-corrected chi connectivity index (χ3v) is 2.68. The monoisotopic (exact) mass is 233 g/mol. The summed E-state index contributed by atoms with van der Waals surface area (Å²) < 4.78 is 4.65. The molecule has 0 aromatic carbocycles. The molecular weight excluding hydrogens is 218 g/mol. The molecule has 0 amide bonds. The normalized spacial score (nSPS) is 19.6. The zero-order valence-corrected chi connectivity index (χ0v) is 9.97. The van der Waals surface area contributed by atoms with E-state index in [1.54, 1.807) is 19.1 Å². The average Bonchev–Trinajstić information content (AvgIpc) is 2.38. The molecule has 90 valence electrons. The number of ether oxygens (including phenoxy) is 1. The number of nitrogens with zero attached hydrogens (tertiary/aromatic N) is 1. The topological polar surface area (TPSA) is 55.7 Å². The van der Waals surface area contributed by atoms with Gasteiger partial charge in [-0.05, 0) is 30.5 Å². The number of nitroso groups, excluding NO2 is 1. The zero-order chi connectivity index (χ0) is 12.7. The highest BCUT2D eigenvalue weighted by molar-refractivity contribution is 5.70. The van der Waals surface area contributed by atoms with Crippen LogP contribution in [-0.4, -0.2) is 13.1 Å². The van der Waals surface area contributed by atoms with E-state index in [1.165, 1.54) is 7.11 Å². The number of hydrogen-bond acceptors (Lipinski definition) is 4. The van der Waals surface area contributed by atoms with Crippen molar-refractivity contribution in [3.63, 3.8) is 0 Å². The molecule has 17 heavy (non-hydrogen) atoms. The van der Waals surface area contributed by atoms with Gasteiger partial charge in [0, 0.05) is 5.92 Å². The maximum absolute atomic E-state index is 11.3. The van der Waals surface area contributed by atoms with Gasteiger partial charge in [0.05, 0.1) is 13.5 Å². The first-order valence-electron chi connectivity index (χ1n) is 5.42. The average molecular weight is 233 g/mol. The SMILES string of the molecule is CC#CC(CC(=O)OC)C1C=CC(N=O)=CC1. The number of methoxy groups -OCH3 is 1. The van der Waals surface area contributed by atoms with E-state index in [0.29, 0.717) is 12.1 Å². The molecule has 4 nitrogen and oxygen atoms in total. The molecular formula is C13H15NO3. The van der Waals surface area contributed by atoms with Crippen LogP contribution in [0.25, 0.3) is 0 Å². The van der Waals surface area contributed by atoms with Crippen LogP contribution < -0.4 is 0 Å². The lowest BCUT2D eigenvalue weighted by Crippen LogP contribution is -2.17. The Kier molecular flexibility index (Phi) is 5.15. The Morgan fingerprint density at radius 1 is 1.71 bits per heavy atom. The minimum atomic E-state index is -0.269. The van der Waals surface area contributed by atoms with Gasteiger partial charge in [0.25, 0.3) is 0 Å². The summed E-state index contributed by atoms with van der Waals surface area (Å²) in [6.45, 7) is 1.74. The zero-order valence-electron chi connectivity index (χ0n) is 9.97. The Labute approximate surface area is 101 Å². The van der Waals surface area contributed by atoms with Gasteiger partial charge in [0.15, 0.2) is 0 Å². The quantitative estimate of drug-likeness (QED) is 0.425. The molecule has 0 saturated carbocycles. The highest BCUT2D eigenvalue weighted by Crippen LogP contribution is 2.26. The third-order valence-electron chi connectivity index (χ3n) is 2.68. The van der Waals surface area contributed by atoms with Crippen molar-refractivity contribution in [3.05, 3.63) is 28.8 Å². The van der Waals surface area contributed by atoms with Crippen molar-refractivity contribution in [1.29, 1.82) is 0 Å². The minimum absolute atomic E-state index is 0.0758. The molecule has 0 spiro atoms. The van der Waals surface area contributed by atoms with Crippen LogP contribution in [0, 0.1) is 28.6 Å². The molecule has 0 aliphatic heterocycles. The maximum Gasteiger partial charge on any atom is 0.306 e. The van der Waals surface area contributed by atoms with Crippen molar-refractivity contribution in [3.8, 4) is 11.8 Å². The van der Waals surface area contributed by atoms with E-state index in [1.807, 2.05) is 6.08 Å². The molecule has 0 aromatic rings. The first kappa shape index (κ1) is 13.2. The fraction of sp³-hybridized carbons (Fsp3) is 0.462. The summed E-state index contributed by atoms with van der Waals surface area (Å²) in [4.78, 5) is 21.6. The second kappa shape index (κ2) is 6.64. The lowest BCUT2D eigenvalue weighted by Gasteiger charge is -2.19. The van der Waals surface area contributed by atoms with E-state index in [2.05, 4.69) is 21.8 Å². The van der Waals surface area contributed by atoms with Gasteiger partial charge in [-0.25, -0.2) is 0 Å². The Hall–Kier alpha value is -1.89. The lowest BCUT2D eigenvalue weighted by molar-refractivity contribution is -0.141. The van der Waals surface area contributed by atoms with Gasteiger partial charge in [-0.2, -0.15) is 0 Å². The third kappa shape index (κ3) is 3.87. The Balaban J connectivity index is 2.70. The summed E-state index contributed by atoms with van der Waals surface area (Å²) in [5.41, 5.74) is 0.433. The summed E-state index contributed by atoms with van der Waals surface area (Å²) in [7, 11) is 1.36. The molecule has 0 aromatic heterocycles. The largest absolute Gasteiger partial charge is 0.469 e. The van der Waals surface area contributed by atoms with Crippen molar-refractivity contribution in [1.82, 2.24) is 0 Å². The molecule has 0 heterocycles. The number of allylic oxidation sites excluding steroid dienone is 3. The standard InChI is InChI=1S/C13H15NO3/c1-3-4-11(9-13(15)17-2)10-5-7-12(14-16)8-6-10/h5,7-8,10-11H,6,9H2,1-2H3. The van der Waals surface area contributed by atoms with Crippen LogP contribution in [0.15, 0.2) is 29.1 Å². The predicted molar refractivity (Wildman–Crippen MR) is 64.7 cm³/mol. The first-order chi connectivity index (χ1) is 8.21. The summed E-state index contributed by atoms with van der Waals surface area (Å²) >= 11 is 0. The Morgan fingerprint density at radius 3 is 2.94 bits per heavy atom. The molecule has 0 saturated heterocycles. The summed E-state index contributed by atoms with van der Waals surface area (Å²) in [6, 6.07) is 0. The predicted octanol–water partition coefficient (Wildman–Crippen LogP) is 2.42. The number of hydrogen-bond donors (Lipinski definition) is 0. The lowest BCUT2D eigenvalue weighted by atomic mass is 9.84. The van der Waals surface area contributed by atoms with Crippen molar-refractivity contribution < 1.29 is 9.53 Å². The van der Waals surface area contributed by atoms with Gasteiger partial charge in [-0.15, -0.1) is 10.8 Å². The maximum atomic E-state index is 11.3. The van der Waals surface area contributed by atoms with Crippen molar-refractivity contribution in [2.45, 2.75) is 19.8 Å². The number of rotatable bonds is 4. The molecule has 4 heteroatoms. The van der Waals surface area contributed by atoms with Gasteiger partial charge in [-0.3, -0.25) is 4.79 Å². The van der Waals surface area contributed by atoms with Gasteiger partial charge < -0.3 is 4.74 Å². The Bertz CT molecular complexity index is 412. The highest BCUT2D eigenvalue weighted by atomic mass is 16.5. The highest BCUT2D eigenvalue weighted by Gasteiger charge is 2.22. The number of carbonyl (C=O) groups is 1. The Morgan fingerprint density at radius 2 is 2.47 bits per heavy atom. The molecule has 0 N–H and O–H groups in total. The van der Waals surface area contributed by atoms with Crippen LogP contribution in [0.4, 0.5) is 0 Å². The molecule has 0 bridgehead atoms. The van der Waals surface area contributed by atoms with Crippen molar-refractivity contribution >= 4 is 5.97 Å². The summed E-state index contributed by atoms with van der Waals surface area (Å²) in [5, 5.41) is 2.86. The van der Waals surface area contributed by atoms with Crippen LogP contribution in [0.3, 0.4) is 0 Å². The fourth-order valence-electron chi connectivity index (χ4n) is 1.75. The molecule has 1 aliphatic carbocycles. The number of carbonyl (C=O) groups excluding carboxylic acids is 1. The van der Waals surface area contributed by atoms with E-state index >= 15 is 0 Å². The van der Waals surface area contributed by atoms with Crippen molar-refractivity contribution in [2.75, 3.05) is 7.11 Å². The van der Waals surface area contributed by atoms with Crippen LogP contribution in [0.1, 0.15) is 19.8 Å². The summed E-state index contributed by atoms with van der Waals surface area (Å²) in [6.07, 6.45) is 6.26. The van der Waals surface area contributed by atoms with Crippen molar-refractivity contribution in [2.24, 2.45) is 17.0 Å². The van der Waals surface area contributed by atoms with Gasteiger partial charge >= 0.3 is 5.97 Å². The van der Waals surface area contributed by atoms with Gasteiger partial charge in [-0.1, -0.05) is 18.1 Å². The molecule has 0 fully saturated rings. The van der Waals surface area contributed by atoms with E-state index in [4.69, 9.17) is 0 Å².